The number of nitrogens with one attached hydrogen (secondary N) is 1. The fourth-order valence-electron chi connectivity index (χ4n) is 6.30. The van der Waals surface area contributed by atoms with Crippen molar-refractivity contribution in [3.05, 3.63) is 47.0 Å². The normalized spacial score (nSPS) is 18.6. The maximum absolute atomic E-state index is 13.8. The fraction of sp³-hybridized carbons (Fsp3) is 0.448. The van der Waals surface area contributed by atoms with Crippen molar-refractivity contribution in [3.8, 4) is 22.8 Å². The van der Waals surface area contributed by atoms with E-state index in [1.807, 2.05) is 0 Å². The second-order valence-corrected chi connectivity index (χ2v) is 12.8. The molecule has 0 radical (unpaired) electrons. The Labute approximate surface area is 233 Å². The molecule has 1 saturated carbocycles. The van der Waals surface area contributed by atoms with Gasteiger partial charge in [0.2, 0.25) is 0 Å². The number of carbonyl (C=O) groups is 1. The number of hydrogen-bond donors (Lipinski definition) is 1. The van der Waals surface area contributed by atoms with Crippen LogP contribution in [0.2, 0.25) is 0 Å². The van der Waals surface area contributed by atoms with Crippen molar-refractivity contribution < 1.29 is 27.2 Å². The van der Waals surface area contributed by atoms with Gasteiger partial charge in [0.05, 0.1) is 14.2 Å². The van der Waals surface area contributed by atoms with Gasteiger partial charge in [0, 0.05) is 54.0 Å². The number of carbonyl (C=O) groups excluding carboxylic acids is 1. The van der Waals surface area contributed by atoms with Crippen molar-refractivity contribution in [3.63, 3.8) is 0 Å². The van der Waals surface area contributed by atoms with Gasteiger partial charge in [-0.1, -0.05) is 11.2 Å². The Bertz CT molecular complexity index is 1590. The van der Waals surface area contributed by atoms with E-state index in [-0.39, 0.29) is 33.5 Å². The maximum atomic E-state index is 13.8. The molecule has 2 aliphatic carbocycles. The van der Waals surface area contributed by atoms with Crippen LogP contribution >= 0.6 is 0 Å². The van der Waals surface area contributed by atoms with Crippen LogP contribution in [0.4, 0.5) is 11.5 Å². The van der Waals surface area contributed by atoms with Crippen molar-refractivity contribution in [1.29, 1.82) is 0 Å². The summed E-state index contributed by atoms with van der Waals surface area (Å²) in [5.41, 5.74) is 4.43. The third-order valence-corrected chi connectivity index (χ3v) is 10.2. The van der Waals surface area contributed by atoms with Crippen LogP contribution in [0.3, 0.4) is 0 Å². The van der Waals surface area contributed by atoms with E-state index in [1.54, 1.807) is 4.90 Å². The van der Waals surface area contributed by atoms with Gasteiger partial charge < -0.3 is 23.8 Å². The van der Waals surface area contributed by atoms with E-state index < -0.39 is 10.0 Å². The zero-order valence-corrected chi connectivity index (χ0v) is 23.5. The molecule has 2 aliphatic heterocycles. The Balaban J connectivity index is 1.25. The number of hydrogen-bond acceptors (Lipinski definition) is 8. The molecule has 4 aliphatic rings. The molecule has 1 amide bonds. The monoisotopic (exact) mass is 564 g/mol. The summed E-state index contributed by atoms with van der Waals surface area (Å²) in [6.45, 7) is 3.41. The van der Waals surface area contributed by atoms with E-state index in [1.165, 1.54) is 38.3 Å². The Morgan fingerprint density at radius 3 is 2.30 bits per heavy atom. The van der Waals surface area contributed by atoms with Gasteiger partial charge in [0.25, 0.3) is 15.9 Å². The predicted molar refractivity (Wildman–Crippen MR) is 149 cm³/mol. The smallest absolute Gasteiger partial charge is 0.270 e. The topological polar surface area (TPSA) is 114 Å². The molecular formula is C29H32N4O6S. The summed E-state index contributed by atoms with van der Waals surface area (Å²) in [5, 5.41) is 4.20. The molecule has 3 heterocycles. The highest BCUT2D eigenvalue weighted by atomic mass is 32.2. The van der Waals surface area contributed by atoms with Crippen LogP contribution in [0.15, 0.2) is 39.8 Å². The molecular weight excluding hydrogens is 532 g/mol. The van der Waals surface area contributed by atoms with E-state index in [0.29, 0.717) is 30.8 Å². The average Bonchev–Trinajstić information content (AvgIpc) is 3.30. The van der Waals surface area contributed by atoms with Crippen molar-refractivity contribution in [1.82, 2.24) is 10.1 Å². The first-order valence-electron chi connectivity index (χ1n) is 13.8. The summed E-state index contributed by atoms with van der Waals surface area (Å²) in [5.74, 6) is 0.646. The third-order valence-electron chi connectivity index (χ3n) is 8.80. The maximum Gasteiger partial charge on any atom is 0.270 e. The van der Waals surface area contributed by atoms with Crippen molar-refractivity contribution in [2.75, 3.05) is 50.0 Å². The number of ether oxygens (including phenoxy) is 2. The summed E-state index contributed by atoms with van der Waals surface area (Å²) < 4.78 is 47.1. The second-order valence-electron chi connectivity index (χ2n) is 11.2. The number of methoxy groups -OCH3 is 2. The third kappa shape index (κ3) is 3.93. The predicted octanol–water partition coefficient (Wildman–Crippen LogP) is 4.19. The SMILES string of the molecule is COc1cc(C(=O)N2CCCC2)cc(OC)c1S(=O)(=O)Nc1noc2c1CC1(CC1)c1ccc(N3CCC3)cc1-2. The minimum Gasteiger partial charge on any atom is -0.495 e. The molecule has 40 heavy (non-hydrogen) atoms. The van der Waals surface area contributed by atoms with Crippen LogP contribution in [0.25, 0.3) is 11.3 Å². The van der Waals surface area contributed by atoms with Gasteiger partial charge >= 0.3 is 0 Å². The van der Waals surface area contributed by atoms with E-state index in [0.717, 1.165) is 55.6 Å². The van der Waals surface area contributed by atoms with Crippen molar-refractivity contribution in [2.45, 2.75) is 48.8 Å². The second kappa shape index (κ2) is 9.15. The molecule has 7 rings (SSSR count). The molecule has 10 nitrogen and oxygen atoms in total. The van der Waals surface area contributed by atoms with Crippen LogP contribution in [0, 0.1) is 0 Å². The van der Waals surface area contributed by atoms with Gasteiger partial charge in [-0.3, -0.25) is 9.52 Å². The van der Waals surface area contributed by atoms with Gasteiger partial charge in [-0.2, -0.15) is 0 Å². The zero-order chi connectivity index (χ0) is 27.6. The molecule has 0 bridgehead atoms. The quantitative estimate of drug-likeness (QED) is 0.454. The van der Waals surface area contributed by atoms with Crippen LogP contribution in [0.5, 0.6) is 11.5 Å². The number of rotatable bonds is 7. The van der Waals surface area contributed by atoms with Gasteiger partial charge in [-0.25, -0.2) is 8.42 Å². The van der Waals surface area contributed by atoms with Gasteiger partial charge in [0.15, 0.2) is 16.5 Å². The molecule has 210 valence electrons. The van der Waals surface area contributed by atoms with Crippen LogP contribution in [-0.4, -0.2) is 64.8 Å². The van der Waals surface area contributed by atoms with E-state index in [9.17, 15) is 13.2 Å². The molecule has 1 N–H and O–H groups in total. The molecule has 1 spiro atoms. The van der Waals surface area contributed by atoms with Crippen molar-refractivity contribution in [2.24, 2.45) is 0 Å². The molecule has 2 saturated heterocycles. The Hall–Kier alpha value is -3.73. The van der Waals surface area contributed by atoms with Crippen LogP contribution < -0.4 is 19.1 Å². The van der Waals surface area contributed by atoms with Gasteiger partial charge in [-0.05, 0) is 68.4 Å². The first-order valence-corrected chi connectivity index (χ1v) is 15.3. The Kier molecular flexibility index (Phi) is 5.78. The Morgan fingerprint density at radius 1 is 1.00 bits per heavy atom. The minimum atomic E-state index is -4.23. The number of fused-ring (bicyclic) bond motifs is 4. The lowest BCUT2D eigenvalue weighted by Gasteiger charge is -2.34. The van der Waals surface area contributed by atoms with Crippen LogP contribution in [0.1, 0.15) is 53.6 Å². The first-order chi connectivity index (χ1) is 19.3. The van der Waals surface area contributed by atoms with E-state index in [4.69, 9.17) is 14.0 Å². The first kappa shape index (κ1) is 25.3. The number of aromatic nitrogens is 1. The highest BCUT2D eigenvalue weighted by Gasteiger charge is 2.51. The molecule has 1 aromatic heterocycles. The van der Waals surface area contributed by atoms with Gasteiger partial charge in [-0.15, -0.1) is 0 Å². The molecule has 3 fully saturated rings. The molecule has 2 aromatic carbocycles. The number of nitrogens with zero attached hydrogens (tertiary/aromatic N) is 3. The lowest BCUT2D eigenvalue weighted by atomic mass is 9.79. The Morgan fingerprint density at radius 2 is 1.70 bits per heavy atom. The molecule has 11 heteroatoms. The molecule has 0 unspecified atom stereocenters. The summed E-state index contributed by atoms with van der Waals surface area (Å²) in [6.07, 6.45) is 5.80. The minimum absolute atomic E-state index is 0.0193. The number of anilines is 2. The number of benzene rings is 2. The molecule has 3 aromatic rings. The summed E-state index contributed by atoms with van der Waals surface area (Å²) in [6, 6.07) is 9.45. The average molecular weight is 565 g/mol. The lowest BCUT2D eigenvalue weighted by Crippen LogP contribution is -2.37. The summed E-state index contributed by atoms with van der Waals surface area (Å²) in [7, 11) is -1.48. The summed E-state index contributed by atoms with van der Waals surface area (Å²) >= 11 is 0. The highest BCUT2D eigenvalue weighted by Crippen LogP contribution is 2.59. The largest absolute Gasteiger partial charge is 0.495 e. The van der Waals surface area contributed by atoms with Gasteiger partial charge in [0.1, 0.15) is 11.5 Å². The highest BCUT2D eigenvalue weighted by molar-refractivity contribution is 7.93. The number of likely N-dealkylation sites (tertiary alicyclic amines) is 1. The van der Waals surface area contributed by atoms with E-state index in [2.05, 4.69) is 33.0 Å². The zero-order valence-electron chi connectivity index (χ0n) is 22.7. The van der Waals surface area contributed by atoms with Crippen molar-refractivity contribution >= 4 is 27.4 Å². The lowest BCUT2D eigenvalue weighted by molar-refractivity contribution is 0.0792. The molecule has 0 atom stereocenters. The standard InChI is InChI=1S/C29H32N4O6S/c1-37-23-14-18(28(34)33-10-3-4-11-33)15-24(38-2)26(23)40(35,36)31-27-21-17-29(8-9-29)22-7-6-19(32-12-5-13-32)16-20(22)25(21)39-30-27/h6-7,14-16H,3-5,8-13,17H2,1-2H3,(H,30,31). The number of amides is 1. The summed E-state index contributed by atoms with van der Waals surface area (Å²) in [4.78, 5) is 16.9. The van der Waals surface area contributed by atoms with Crippen LogP contribution in [-0.2, 0) is 21.9 Å². The fourth-order valence-corrected chi connectivity index (χ4v) is 7.63. The number of sulfonamides is 1. The van der Waals surface area contributed by atoms with E-state index >= 15 is 0 Å².